The van der Waals surface area contributed by atoms with Gasteiger partial charge in [-0.3, -0.25) is 4.79 Å². The normalized spacial score (nSPS) is 15.8. The highest BCUT2D eigenvalue weighted by Gasteiger charge is 2.31. The predicted molar refractivity (Wildman–Crippen MR) is 88.6 cm³/mol. The van der Waals surface area contributed by atoms with E-state index >= 15 is 0 Å². The molecule has 1 aromatic rings. The molecule has 4 nitrogen and oxygen atoms in total. The number of ether oxygens (including phenoxy) is 2. The van der Waals surface area contributed by atoms with Gasteiger partial charge in [0.1, 0.15) is 12.4 Å². The van der Waals surface area contributed by atoms with Gasteiger partial charge in [0, 0.05) is 13.5 Å². The van der Waals surface area contributed by atoms with Crippen LogP contribution in [0.5, 0.6) is 5.75 Å². The van der Waals surface area contributed by atoms with E-state index < -0.39 is 11.7 Å². The first-order valence-electron chi connectivity index (χ1n) is 8.53. The second kappa shape index (κ2) is 9.08. The van der Waals surface area contributed by atoms with Gasteiger partial charge in [-0.1, -0.05) is 19.3 Å². The molecule has 7 heteroatoms. The monoisotopic (exact) mass is 359 g/mol. The van der Waals surface area contributed by atoms with Gasteiger partial charge in [-0.2, -0.15) is 13.2 Å². The molecule has 1 fully saturated rings. The molecular weight excluding hydrogens is 335 g/mol. The van der Waals surface area contributed by atoms with E-state index in [1.54, 1.807) is 0 Å². The summed E-state index contributed by atoms with van der Waals surface area (Å²) in [5.41, 5.74) is -0.772. The Morgan fingerprint density at radius 3 is 2.56 bits per heavy atom. The van der Waals surface area contributed by atoms with Crippen LogP contribution >= 0.6 is 0 Å². The number of carbonyl (C=O) groups excluding carboxylic acids is 1. The van der Waals surface area contributed by atoms with E-state index in [-0.39, 0.29) is 24.0 Å². The quantitative estimate of drug-likeness (QED) is 0.722. The van der Waals surface area contributed by atoms with Gasteiger partial charge in [-0.15, -0.1) is 0 Å². The molecule has 0 atom stereocenters. The van der Waals surface area contributed by atoms with E-state index in [0.717, 1.165) is 37.8 Å². The van der Waals surface area contributed by atoms with Gasteiger partial charge in [0.15, 0.2) is 0 Å². The van der Waals surface area contributed by atoms with E-state index in [4.69, 9.17) is 9.47 Å². The number of hydrogen-bond acceptors (Lipinski definition) is 3. The van der Waals surface area contributed by atoms with Crippen molar-refractivity contribution in [1.82, 2.24) is 0 Å². The van der Waals surface area contributed by atoms with Crippen LogP contribution in [0.4, 0.5) is 18.9 Å². The third kappa shape index (κ3) is 6.23. The number of benzene rings is 1. The number of methoxy groups -OCH3 is 1. The molecule has 2 rings (SSSR count). The summed E-state index contributed by atoms with van der Waals surface area (Å²) in [6.45, 7) is 0.490. The Balaban J connectivity index is 2.09. The standard InChI is InChI=1S/C18H24F3NO3/c1-24-9-10-25-16-8-7-14(18(19,20)21)12-15(16)22-17(23)11-13-5-3-2-4-6-13/h7-8,12-13H,2-6,9-11H2,1H3,(H,22,23). The number of halogens is 3. The van der Waals surface area contributed by atoms with Crippen molar-refractivity contribution in [3.63, 3.8) is 0 Å². The van der Waals surface area contributed by atoms with Crippen molar-refractivity contribution in [2.45, 2.75) is 44.7 Å². The summed E-state index contributed by atoms with van der Waals surface area (Å²) >= 11 is 0. The number of alkyl halides is 3. The molecule has 0 unspecified atom stereocenters. The van der Waals surface area contributed by atoms with Crippen molar-refractivity contribution in [3.8, 4) is 5.75 Å². The van der Waals surface area contributed by atoms with Crippen molar-refractivity contribution < 1.29 is 27.4 Å². The molecule has 0 aromatic heterocycles. The molecule has 0 aliphatic heterocycles. The predicted octanol–water partition coefficient (Wildman–Crippen LogP) is 4.64. The Hall–Kier alpha value is -1.76. The Kier molecular flexibility index (Phi) is 7.11. The zero-order valence-corrected chi connectivity index (χ0v) is 14.3. The van der Waals surface area contributed by atoms with Crippen LogP contribution in [0, 0.1) is 5.92 Å². The zero-order chi connectivity index (χ0) is 18.3. The Bertz CT molecular complexity index is 569. The number of carbonyl (C=O) groups is 1. The lowest BCUT2D eigenvalue weighted by molar-refractivity contribution is -0.137. The first-order valence-corrected chi connectivity index (χ1v) is 8.53. The minimum absolute atomic E-state index is 0.0479. The summed E-state index contributed by atoms with van der Waals surface area (Å²) in [7, 11) is 1.50. The van der Waals surface area contributed by atoms with Crippen LogP contribution in [0.15, 0.2) is 18.2 Å². The van der Waals surface area contributed by atoms with Gasteiger partial charge < -0.3 is 14.8 Å². The van der Waals surface area contributed by atoms with E-state index in [9.17, 15) is 18.0 Å². The van der Waals surface area contributed by atoms with Crippen molar-refractivity contribution in [3.05, 3.63) is 23.8 Å². The minimum atomic E-state index is -4.48. The number of hydrogen-bond donors (Lipinski definition) is 1. The summed E-state index contributed by atoms with van der Waals surface area (Å²) in [5, 5.41) is 2.59. The van der Waals surface area contributed by atoms with E-state index in [1.165, 1.54) is 19.6 Å². The second-order valence-electron chi connectivity index (χ2n) is 6.31. The van der Waals surface area contributed by atoms with Crippen LogP contribution < -0.4 is 10.1 Å². The van der Waals surface area contributed by atoms with E-state index in [1.807, 2.05) is 0 Å². The summed E-state index contributed by atoms with van der Waals surface area (Å²) in [6, 6.07) is 3.09. The van der Waals surface area contributed by atoms with Crippen LogP contribution in [0.3, 0.4) is 0 Å². The fraction of sp³-hybridized carbons (Fsp3) is 0.611. The van der Waals surface area contributed by atoms with Crippen LogP contribution in [0.25, 0.3) is 0 Å². The highest BCUT2D eigenvalue weighted by Crippen LogP contribution is 2.35. The third-order valence-electron chi connectivity index (χ3n) is 4.32. The van der Waals surface area contributed by atoms with Crippen molar-refractivity contribution in [2.24, 2.45) is 5.92 Å². The van der Waals surface area contributed by atoms with Crippen LogP contribution in [0.1, 0.15) is 44.1 Å². The summed E-state index contributed by atoms with van der Waals surface area (Å²) in [6.07, 6.45) is 1.23. The number of nitrogens with one attached hydrogen (secondary N) is 1. The fourth-order valence-electron chi connectivity index (χ4n) is 3.02. The fourth-order valence-corrected chi connectivity index (χ4v) is 3.02. The van der Waals surface area contributed by atoms with Crippen molar-refractivity contribution in [1.29, 1.82) is 0 Å². The molecular formula is C18H24F3NO3. The lowest BCUT2D eigenvalue weighted by Crippen LogP contribution is -2.19. The van der Waals surface area contributed by atoms with Crippen LogP contribution in [-0.2, 0) is 15.7 Å². The first kappa shape index (κ1) is 19.6. The topological polar surface area (TPSA) is 47.6 Å². The van der Waals surface area contributed by atoms with Gasteiger partial charge in [0.25, 0.3) is 0 Å². The van der Waals surface area contributed by atoms with Crippen molar-refractivity contribution >= 4 is 11.6 Å². The second-order valence-corrected chi connectivity index (χ2v) is 6.31. The molecule has 0 radical (unpaired) electrons. The molecule has 1 amide bonds. The first-order chi connectivity index (χ1) is 11.9. The van der Waals surface area contributed by atoms with Crippen molar-refractivity contribution in [2.75, 3.05) is 25.6 Å². The van der Waals surface area contributed by atoms with Gasteiger partial charge in [0.2, 0.25) is 5.91 Å². The Labute approximate surface area is 145 Å². The molecule has 0 saturated heterocycles. The van der Waals surface area contributed by atoms with Gasteiger partial charge in [-0.25, -0.2) is 0 Å². The Morgan fingerprint density at radius 2 is 1.92 bits per heavy atom. The summed E-state index contributed by atoms with van der Waals surface area (Å²) in [4.78, 5) is 12.3. The largest absolute Gasteiger partial charge is 0.489 e. The molecule has 1 saturated carbocycles. The molecule has 1 aromatic carbocycles. The number of amides is 1. The highest BCUT2D eigenvalue weighted by molar-refractivity contribution is 5.92. The van der Waals surface area contributed by atoms with Gasteiger partial charge in [0.05, 0.1) is 17.9 Å². The molecule has 1 N–H and O–H groups in total. The van der Waals surface area contributed by atoms with Gasteiger partial charge >= 0.3 is 6.18 Å². The average molecular weight is 359 g/mol. The maximum Gasteiger partial charge on any atom is 0.416 e. The molecule has 1 aliphatic rings. The van der Waals surface area contributed by atoms with Crippen LogP contribution in [0.2, 0.25) is 0 Å². The van der Waals surface area contributed by atoms with Gasteiger partial charge in [-0.05, 0) is 37.0 Å². The van der Waals surface area contributed by atoms with E-state index in [0.29, 0.717) is 18.9 Å². The maximum absolute atomic E-state index is 12.9. The summed E-state index contributed by atoms with van der Waals surface area (Å²) in [5.74, 6) is 0.238. The zero-order valence-electron chi connectivity index (χ0n) is 14.3. The molecule has 140 valence electrons. The SMILES string of the molecule is COCCOc1ccc(C(F)(F)F)cc1NC(=O)CC1CCCCC1. The number of anilines is 1. The lowest BCUT2D eigenvalue weighted by Gasteiger charge is -2.21. The molecule has 0 bridgehead atoms. The maximum atomic E-state index is 12.9. The smallest absolute Gasteiger partial charge is 0.416 e. The third-order valence-corrected chi connectivity index (χ3v) is 4.32. The molecule has 0 spiro atoms. The Morgan fingerprint density at radius 1 is 1.20 bits per heavy atom. The van der Waals surface area contributed by atoms with E-state index in [2.05, 4.69) is 5.32 Å². The minimum Gasteiger partial charge on any atom is -0.489 e. The summed E-state index contributed by atoms with van der Waals surface area (Å²) < 4.78 is 49.1. The highest BCUT2D eigenvalue weighted by atomic mass is 19.4. The average Bonchev–Trinajstić information content (AvgIpc) is 2.56. The van der Waals surface area contributed by atoms with Crippen LogP contribution in [-0.4, -0.2) is 26.2 Å². The molecule has 25 heavy (non-hydrogen) atoms. The lowest BCUT2D eigenvalue weighted by atomic mass is 9.87. The molecule has 0 heterocycles. The number of rotatable bonds is 7. The molecule has 1 aliphatic carbocycles.